The van der Waals surface area contributed by atoms with Gasteiger partial charge in [-0.2, -0.15) is 4.98 Å². The van der Waals surface area contributed by atoms with E-state index in [2.05, 4.69) is 10.3 Å². The van der Waals surface area contributed by atoms with E-state index in [1.807, 2.05) is 0 Å². The Labute approximate surface area is 121 Å². The number of carbonyl (C=O) groups excluding carboxylic acids is 1. The van der Waals surface area contributed by atoms with Crippen molar-refractivity contribution in [2.75, 3.05) is 20.3 Å². The summed E-state index contributed by atoms with van der Waals surface area (Å²) in [5, 5.41) is 12.4. The largest absolute Gasteiger partial charge is 0.493 e. The zero-order valence-corrected chi connectivity index (χ0v) is 11.9. The standard InChI is InChI=1S/C14H17N3O4/c1-9-5-3-7-17-11(9)16-13(19)10(14(17)20)12(18)15-6-4-8-21-2/h3,5,7,19H,4,6,8H2,1-2H3,(H,15,18). The van der Waals surface area contributed by atoms with Gasteiger partial charge < -0.3 is 15.2 Å². The van der Waals surface area contributed by atoms with E-state index in [0.717, 1.165) is 5.56 Å². The molecule has 2 rings (SSSR count). The molecule has 2 aromatic rings. The Morgan fingerprint density at radius 3 is 3.00 bits per heavy atom. The van der Waals surface area contributed by atoms with Crippen molar-refractivity contribution < 1.29 is 14.6 Å². The molecular formula is C14H17N3O4. The van der Waals surface area contributed by atoms with Crippen LogP contribution in [-0.2, 0) is 4.74 Å². The molecular weight excluding hydrogens is 274 g/mol. The number of ether oxygens (including phenoxy) is 1. The lowest BCUT2D eigenvalue weighted by atomic mass is 10.2. The number of nitrogens with zero attached hydrogens (tertiary/aromatic N) is 2. The fourth-order valence-corrected chi connectivity index (χ4v) is 1.99. The zero-order chi connectivity index (χ0) is 15.4. The first-order valence-corrected chi connectivity index (χ1v) is 6.54. The number of aromatic nitrogens is 2. The van der Waals surface area contributed by atoms with E-state index in [4.69, 9.17) is 4.74 Å². The second kappa shape index (κ2) is 6.36. The van der Waals surface area contributed by atoms with Crippen molar-refractivity contribution in [3.05, 3.63) is 39.8 Å². The van der Waals surface area contributed by atoms with Gasteiger partial charge in [-0.05, 0) is 25.0 Å². The van der Waals surface area contributed by atoms with Gasteiger partial charge in [0.2, 0.25) is 5.88 Å². The predicted molar refractivity (Wildman–Crippen MR) is 76.7 cm³/mol. The molecule has 0 fully saturated rings. The fraction of sp³-hybridized carbons (Fsp3) is 0.357. The van der Waals surface area contributed by atoms with Crippen LogP contribution in [-0.4, -0.2) is 40.7 Å². The summed E-state index contributed by atoms with van der Waals surface area (Å²) in [6, 6.07) is 3.45. The first kappa shape index (κ1) is 15.0. The van der Waals surface area contributed by atoms with E-state index in [9.17, 15) is 14.7 Å². The van der Waals surface area contributed by atoms with Crippen LogP contribution >= 0.6 is 0 Å². The molecule has 1 amide bonds. The van der Waals surface area contributed by atoms with E-state index < -0.39 is 17.3 Å². The van der Waals surface area contributed by atoms with Crippen molar-refractivity contribution in [2.24, 2.45) is 0 Å². The molecule has 2 N–H and O–H groups in total. The summed E-state index contributed by atoms with van der Waals surface area (Å²) in [7, 11) is 1.57. The number of hydrogen-bond acceptors (Lipinski definition) is 5. The van der Waals surface area contributed by atoms with Crippen LogP contribution in [0.5, 0.6) is 5.88 Å². The van der Waals surface area contributed by atoms with Crippen LogP contribution in [0, 0.1) is 6.92 Å². The van der Waals surface area contributed by atoms with Gasteiger partial charge in [0.25, 0.3) is 11.5 Å². The van der Waals surface area contributed by atoms with Gasteiger partial charge in [-0.15, -0.1) is 0 Å². The summed E-state index contributed by atoms with van der Waals surface area (Å²) < 4.78 is 6.12. The summed E-state index contributed by atoms with van der Waals surface area (Å²) in [5.41, 5.74) is 0.119. The van der Waals surface area contributed by atoms with Crippen molar-refractivity contribution in [1.29, 1.82) is 0 Å². The number of rotatable bonds is 5. The lowest BCUT2D eigenvalue weighted by Gasteiger charge is -2.08. The molecule has 21 heavy (non-hydrogen) atoms. The highest BCUT2D eigenvalue weighted by Gasteiger charge is 2.19. The Morgan fingerprint density at radius 2 is 2.29 bits per heavy atom. The summed E-state index contributed by atoms with van der Waals surface area (Å²) >= 11 is 0. The Bertz CT molecular complexity index is 724. The van der Waals surface area contributed by atoms with Crippen molar-refractivity contribution >= 4 is 11.6 Å². The summed E-state index contributed by atoms with van der Waals surface area (Å²) in [6.45, 7) is 2.62. The summed E-state index contributed by atoms with van der Waals surface area (Å²) in [6.07, 6.45) is 2.13. The average molecular weight is 291 g/mol. The third-order valence-corrected chi connectivity index (χ3v) is 3.07. The van der Waals surface area contributed by atoms with Crippen LogP contribution in [0.25, 0.3) is 5.65 Å². The van der Waals surface area contributed by atoms with Gasteiger partial charge in [0.15, 0.2) is 5.56 Å². The molecule has 7 nitrogen and oxygen atoms in total. The van der Waals surface area contributed by atoms with Crippen molar-refractivity contribution in [3.63, 3.8) is 0 Å². The topological polar surface area (TPSA) is 92.9 Å². The monoisotopic (exact) mass is 291 g/mol. The number of aryl methyl sites for hydroxylation is 1. The van der Waals surface area contributed by atoms with Gasteiger partial charge in [0.1, 0.15) is 5.65 Å². The highest BCUT2D eigenvalue weighted by atomic mass is 16.5. The minimum absolute atomic E-state index is 0.330. The van der Waals surface area contributed by atoms with Crippen LogP contribution in [0.15, 0.2) is 23.1 Å². The van der Waals surface area contributed by atoms with Gasteiger partial charge in [0.05, 0.1) is 0 Å². The SMILES string of the molecule is COCCCNC(=O)c1c(O)nc2c(C)cccn2c1=O. The molecule has 0 saturated heterocycles. The van der Waals surface area contributed by atoms with Crippen LogP contribution in [0.1, 0.15) is 22.3 Å². The maximum atomic E-state index is 12.3. The molecule has 2 aromatic heterocycles. The van der Waals surface area contributed by atoms with E-state index >= 15 is 0 Å². The second-order valence-electron chi connectivity index (χ2n) is 4.60. The molecule has 0 bridgehead atoms. The van der Waals surface area contributed by atoms with Crippen LogP contribution < -0.4 is 10.9 Å². The summed E-state index contributed by atoms with van der Waals surface area (Å²) in [4.78, 5) is 28.3. The maximum absolute atomic E-state index is 12.3. The first-order chi connectivity index (χ1) is 10.1. The number of aromatic hydroxyl groups is 1. The van der Waals surface area contributed by atoms with Gasteiger partial charge in [0, 0.05) is 26.5 Å². The smallest absolute Gasteiger partial charge is 0.274 e. The van der Waals surface area contributed by atoms with Crippen molar-refractivity contribution in [1.82, 2.24) is 14.7 Å². The molecule has 0 radical (unpaired) electrons. The first-order valence-electron chi connectivity index (χ1n) is 6.54. The predicted octanol–water partition coefficient (Wildman–Crippen LogP) is 0.475. The number of fused-ring (bicyclic) bond motifs is 1. The number of methoxy groups -OCH3 is 1. The minimum Gasteiger partial charge on any atom is -0.493 e. The Hall–Kier alpha value is -2.41. The Morgan fingerprint density at radius 1 is 1.52 bits per heavy atom. The van der Waals surface area contributed by atoms with Crippen LogP contribution in [0.4, 0.5) is 0 Å². The maximum Gasteiger partial charge on any atom is 0.274 e. The van der Waals surface area contributed by atoms with Gasteiger partial charge >= 0.3 is 0 Å². The molecule has 2 heterocycles. The molecule has 0 atom stereocenters. The minimum atomic E-state index is -0.642. The molecule has 0 spiro atoms. The average Bonchev–Trinajstić information content (AvgIpc) is 2.45. The third-order valence-electron chi connectivity index (χ3n) is 3.07. The number of nitrogens with one attached hydrogen (secondary N) is 1. The number of pyridine rings is 1. The molecule has 0 saturated carbocycles. The fourth-order valence-electron chi connectivity index (χ4n) is 1.99. The molecule has 0 aliphatic carbocycles. The molecule has 7 heteroatoms. The Kier molecular flexibility index (Phi) is 4.54. The molecule has 0 aliphatic rings. The van der Waals surface area contributed by atoms with Gasteiger partial charge in [-0.25, -0.2) is 0 Å². The number of carbonyl (C=O) groups is 1. The number of hydrogen-bond donors (Lipinski definition) is 2. The quantitative estimate of drug-likeness (QED) is 0.781. The molecule has 0 aromatic carbocycles. The summed E-state index contributed by atoms with van der Waals surface area (Å²) in [5.74, 6) is -1.20. The highest BCUT2D eigenvalue weighted by Crippen LogP contribution is 2.13. The van der Waals surface area contributed by atoms with Gasteiger partial charge in [-0.3, -0.25) is 14.0 Å². The van der Waals surface area contributed by atoms with Crippen molar-refractivity contribution in [2.45, 2.75) is 13.3 Å². The lowest BCUT2D eigenvalue weighted by molar-refractivity contribution is 0.0943. The van der Waals surface area contributed by atoms with Crippen molar-refractivity contribution in [3.8, 4) is 5.88 Å². The Balaban J connectivity index is 2.36. The molecule has 0 unspecified atom stereocenters. The van der Waals surface area contributed by atoms with Gasteiger partial charge in [-0.1, -0.05) is 6.07 Å². The zero-order valence-electron chi connectivity index (χ0n) is 11.9. The third kappa shape index (κ3) is 3.03. The number of amides is 1. The second-order valence-corrected chi connectivity index (χ2v) is 4.60. The molecule has 112 valence electrons. The van der Waals surface area contributed by atoms with E-state index in [1.165, 1.54) is 10.6 Å². The van der Waals surface area contributed by atoms with E-state index in [0.29, 0.717) is 25.2 Å². The lowest BCUT2D eigenvalue weighted by Crippen LogP contribution is -2.32. The molecule has 0 aliphatic heterocycles. The van der Waals surface area contributed by atoms with E-state index in [1.54, 1.807) is 26.2 Å². The highest BCUT2D eigenvalue weighted by molar-refractivity contribution is 5.96. The van der Waals surface area contributed by atoms with E-state index in [-0.39, 0.29) is 5.56 Å². The van der Waals surface area contributed by atoms with Crippen LogP contribution in [0.2, 0.25) is 0 Å². The van der Waals surface area contributed by atoms with Crippen LogP contribution in [0.3, 0.4) is 0 Å². The normalized spacial score (nSPS) is 10.8.